The Morgan fingerprint density at radius 1 is 1.26 bits per heavy atom. The minimum atomic E-state index is -0.295. The van der Waals surface area contributed by atoms with Crippen LogP contribution in [0.4, 0.5) is 0 Å². The molecule has 4 rings (SSSR count). The number of aromatic hydroxyl groups is 1. The summed E-state index contributed by atoms with van der Waals surface area (Å²) < 4.78 is 1.34. The maximum absolute atomic E-state index is 13.1. The molecule has 0 unspecified atom stereocenters. The van der Waals surface area contributed by atoms with Gasteiger partial charge in [0.15, 0.2) is 11.4 Å². The average molecular weight is 370 g/mol. The van der Waals surface area contributed by atoms with Crippen molar-refractivity contribution in [2.75, 3.05) is 19.6 Å². The van der Waals surface area contributed by atoms with Crippen LogP contribution < -0.4 is 5.56 Å². The Labute approximate surface area is 158 Å². The molecule has 0 radical (unpaired) electrons. The molecule has 0 aliphatic carbocycles. The van der Waals surface area contributed by atoms with Crippen LogP contribution in [-0.4, -0.2) is 55.9 Å². The third kappa shape index (κ3) is 3.10. The maximum Gasteiger partial charge on any atom is 0.258 e. The van der Waals surface area contributed by atoms with E-state index in [2.05, 4.69) is 23.7 Å². The lowest BCUT2D eigenvalue weighted by Crippen LogP contribution is -2.52. The van der Waals surface area contributed by atoms with Gasteiger partial charge in [-0.25, -0.2) is 4.98 Å². The number of hydrogen-bond acceptors (Lipinski definition) is 5. The van der Waals surface area contributed by atoms with Gasteiger partial charge in [-0.2, -0.15) is 0 Å². The highest BCUT2D eigenvalue weighted by Crippen LogP contribution is 2.41. The lowest BCUT2D eigenvalue weighted by molar-refractivity contribution is -0.147. The van der Waals surface area contributed by atoms with Crippen LogP contribution in [-0.2, 0) is 11.3 Å². The highest BCUT2D eigenvalue weighted by molar-refractivity contribution is 5.84. The van der Waals surface area contributed by atoms with E-state index in [0.717, 1.165) is 32.4 Å². The molecule has 144 valence electrons. The van der Waals surface area contributed by atoms with E-state index in [4.69, 9.17) is 0 Å². The monoisotopic (exact) mass is 370 g/mol. The SMILES string of the molecule is CC(C)N1CCC[C@@]2(CCN(Cc3cc(=O)n4cccc(O)c4n3)C2)C1=O. The summed E-state index contributed by atoms with van der Waals surface area (Å²) in [7, 11) is 0. The fourth-order valence-electron chi connectivity index (χ4n) is 4.53. The number of nitrogens with zero attached hydrogens (tertiary/aromatic N) is 4. The molecule has 7 heteroatoms. The van der Waals surface area contributed by atoms with Crippen molar-refractivity contribution in [2.24, 2.45) is 5.41 Å². The van der Waals surface area contributed by atoms with Crippen molar-refractivity contribution in [1.29, 1.82) is 0 Å². The van der Waals surface area contributed by atoms with Crippen molar-refractivity contribution >= 4 is 11.6 Å². The predicted octanol–water partition coefficient (Wildman–Crippen LogP) is 1.62. The number of piperidine rings is 1. The van der Waals surface area contributed by atoms with Gasteiger partial charge >= 0.3 is 0 Å². The van der Waals surface area contributed by atoms with Crippen LogP contribution in [0, 0.1) is 5.41 Å². The summed E-state index contributed by atoms with van der Waals surface area (Å²) in [6.07, 6.45) is 4.43. The minimum absolute atomic E-state index is 0.00984. The van der Waals surface area contributed by atoms with Gasteiger partial charge in [0.25, 0.3) is 5.56 Å². The second kappa shape index (κ2) is 6.64. The minimum Gasteiger partial charge on any atom is -0.504 e. The van der Waals surface area contributed by atoms with Gasteiger partial charge in [-0.1, -0.05) is 0 Å². The third-order valence-corrected chi connectivity index (χ3v) is 5.93. The quantitative estimate of drug-likeness (QED) is 0.888. The zero-order valence-corrected chi connectivity index (χ0v) is 15.9. The molecule has 2 fully saturated rings. The molecule has 0 aromatic carbocycles. The molecular weight excluding hydrogens is 344 g/mol. The first-order valence-electron chi connectivity index (χ1n) is 9.63. The van der Waals surface area contributed by atoms with E-state index in [1.165, 1.54) is 16.5 Å². The highest BCUT2D eigenvalue weighted by Gasteiger charge is 2.48. The summed E-state index contributed by atoms with van der Waals surface area (Å²) in [5, 5.41) is 10.0. The molecule has 27 heavy (non-hydrogen) atoms. The lowest BCUT2D eigenvalue weighted by atomic mass is 9.78. The standard InChI is InChI=1S/C20H26N4O3/c1-14(2)23-9-4-6-20(19(23)27)7-10-22(13-20)12-15-11-17(26)24-8-3-5-16(25)18(24)21-15/h3,5,8,11,14,25H,4,6-7,9-10,12-13H2,1-2H3/t20-/m0/s1. The van der Waals surface area contributed by atoms with E-state index in [1.807, 2.05) is 4.90 Å². The number of fused-ring (bicyclic) bond motifs is 1. The maximum atomic E-state index is 13.1. The fraction of sp³-hybridized carbons (Fsp3) is 0.550. The lowest BCUT2D eigenvalue weighted by Gasteiger charge is -2.41. The van der Waals surface area contributed by atoms with Gasteiger partial charge in [0.2, 0.25) is 5.91 Å². The van der Waals surface area contributed by atoms with Crippen LogP contribution in [0.15, 0.2) is 29.2 Å². The topological polar surface area (TPSA) is 78.2 Å². The Balaban J connectivity index is 1.55. The van der Waals surface area contributed by atoms with Crippen LogP contribution in [0.2, 0.25) is 0 Å². The van der Waals surface area contributed by atoms with Crippen molar-refractivity contribution in [3.8, 4) is 5.75 Å². The number of amides is 1. The Morgan fingerprint density at radius 2 is 2.07 bits per heavy atom. The number of likely N-dealkylation sites (tertiary alicyclic amines) is 2. The first kappa shape index (κ1) is 18.0. The van der Waals surface area contributed by atoms with E-state index < -0.39 is 0 Å². The highest BCUT2D eigenvalue weighted by atomic mass is 16.3. The largest absolute Gasteiger partial charge is 0.504 e. The zero-order valence-electron chi connectivity index (χ0n) is 15.9. The molecule has 2 aliphatic heterocycles. The summed E-state index contributed by atoms with van der Waals surface area (Å²) in [4.78, 5) is 34.1. The number of pyridine rings is 1. The van der Waals surface area contributed by atoms with Crippen LogP contribution >= 0.6 is 0 Å². The molecule has 1 N–H and O–H groups in total. The van der Waals surface area contributed by atoms with Crippen molar-refractivity contribution in [3.05, 3.63) is 40.4 Å². The van der Waals surface area contributed by atoms with Crippen LogP contribution in [0.1, 0.15) is 38.8 Å². The molecule has 2 aromatic heterocycles. The van der Waals surface area contributed by atoms with Gasteiger partial charge in [-0.3, -0.25) is 18.9 Å². The smallest absolute Gasteiger partial charge is 0.258 e. The van der Waals surface area contributed by atoms with Gasteiger partial charge in [-0.15, -0.1) is 0 Å². The zero-order chi connectivity index (χ0) is 19.2. The molecule has 1 spiro atoms. The molecule has 7 nitrogen and oxygen atoms in total. The molecule has 2 aliphatic rings. The van der Waals surface area contributed by atoms with Gasteiger partial charge in [-0.05, 0) is 51.8 Å². The number of carbonyl (C=O) groups excluding carboxylic acids is 1. The summed E-state index contributed by atoms with van der Waals surface area (Å²) >= 11 is 0. The molecule has 4 heterocycles. The Bertz CT molecular complexity index is 938. The second-order valence-corrected chi connectivity index (χ2v) is 8.11. The Kier molecular flexibility index (Phi) is 4.42. The summed E-state index contributed by atoms with van der Waals surface area (Å²) in [5.41, 5.74) is 0.395. The second-order valence-electron chi connectivity index (χ2n) is 8.11. The Hall–Kier alpha value is -2.41. The predicted molar refractivity (Wildman–Crippen MR) is 102 cm³/mol. The molecular formula is C20H26N4O3. The van der Waals surface area contributed by atoms with Crippen molar-refractivity contribution < 1.29 is 9.90 Å². The number of aromatic nitrogens is 2. The van der Waals surface area contributed by atoms with Gasteiger partial charge < -0.3 is 10.0 Å². The van der Waals surface area contributed by atoms with Gasteiger partial charge in [0, 0.05) is 37.9 Å². The molecule has 2 aromatic rings. The van der Waals surface area contributed by atoms with E-state index in [1.54, 1.807) is 12.3 Å². The number of carbonyl (C=O) groups is 1. The molecule has 0 bridgehead atoms. The normalized spacial score (nSPS) is 23.8. The molecule has 0 saturated carbocycles. The Morgan fingerprint density at radius 3 is 2.85 bits per heavy atom. The van der Waals surface area contributed by atoms with Crippen LogP contribution in [0.25, 0.3) is 5.65 Å². The number of rotatable bonds is 3. The summed E-state index contributed by atoms with van der Waals surface area (Å²) in [6, 6.07) is 4.89. The summed E-state index contributed by atoms with van der Waals surface area (Å²) in [5.74, 6) is 0.264. The van der Waals surface area contributed by atoms with Crippen molar-refractivity contribution in [3.63, 3.8) is 0 Å². The molecule has 2 saturated heterocycles. The first-order valence-corrected chi connectivity index (χ1v) is 9.63. The van der Waals surface area contributed by atoms with Crippen LogP contribution in [0.5, 0.6) is 5.75 Å². The number of hydrogen-bond donors (Lipinski definition) is 1. The van der Waals surface area contributed by atoms with Crippen LogP contribution in [0.3, 0.4) is 0 Å². The fourth-order valence-corrected chi connectivity index (χ4v) is 4.53. The van der Waals surface area contributed by atoms with Crippen molar-refractivity contribution in [1.82, 2.24) is 19.2 Å². The molecule has 1 atom stereocenters. The third-order valence-electron chi connectivity index (χ3n) is 5.93. The van der Waals surface area contributed by atoms with E-state index >= 15 is 0 Å². The summed E-state index contributed by atoms with van der Waals surface area (Å²) in [6.45, 7) is 7.03. The average Bonchev–Trinajstić information content (AvgIpc) is 3.02. The first-order chi connectivity index (χ1) is 12.9. The molecule has 1 amide bonds. The van der Waals surface area contributed by atoms with Crippen molar-refractivity contribution in [2.45, 2.75) is 45.7 Å². The van der Waals surface area contributed by atoms with Gasteiger partial charge in [0.1, 0.15) is 0 Å². The van der Waals surface area contributed by atoms with Gasteiger partial charge in [0.05, 0.1) is 11.1 Å². The van der Waals surface area contributed by atoms with E-state index in [-0.39, 0.29) is 34.3 Å². The van der Waals surface area contributed by atoms with E-state index in [0.29, 0.717) is 18.8 Å². The van der Waals surface area contributed by atoms with E-state index in [9.17, 15) is 14.7 Å².